The van der Waals surface area contributed by atoms with Crippen molar-refractivity contribution in [2.24, 2.45) is 10.2 Å². The summed E-state index contributed by atoms with van der Waals surface area (Å²) in [5.41, 5.74) is 3.76. The summed E-state index contributed by atoms with van der Waals surface area (Å²) in [6, 6.07) is 8.50. The number of hydrogen-bond donors (Lipinski definition) is 7. The van der Waals surface area contributed by atoms with Crippen LogP contribution in [0.2, 0.25) is 0 Å². The molecule has 0 fully saturated rings. The van der Waals surface area contributed by atoms with Gasteiger partial charge in [-0.15, -0.1) is 10.2 Å². The molecule has 0 aliphatic rings. The van der Waals surface area contributed by atoms with Crippen molar-refractivity contribution in [2.75, 3.05) is 10.9 Å². The SMILES string of the molecule is Cc1cc(N=Nc2c(S(=O)(=O)O)cc3cc(S(=O)(=O)O)cc(S(=O)(=O)O)c3c2O)c(S(=O)(=O)O)cc1NNc1cccc(O[P+](=O)[O-])c1. The van der Waals surface area contributed by atoms with E-state index >= 15 is 0 Å². The molecular formula is C23H19N4O16PS4. The quantitative estimate of drug-likeness (QED) is 0.0499. The molecule has 0 spiro atoms. The molecule has 4 aromatic carbocycles. The van der Waals surface area contributed by atoms with Gasteiger partial charge in [-0.3, -0.25) is 22.7 Å². The molecule has 0 aliphatic heterocycles. The molecular weight excluding hydrogens is 748 g/mol. The summed E-state index contributed by atoms with van der Waals surface area (Å²) in [5.74, 6) is -1.48. The van der Waals surface area contributed by atoms with Gasteiger partial charge < -0.3 is 20.9 Å². The van der Waals surface area contributed by atoms with Crippen LogP contribution in [0.15, 0.2) is 84.4 Å². The normalized spacial score (nSPS) is 13.1. The Morgan fingerprint density at radius 1 is 0.750 bits per heavy atom. The fourth-order valence-electron chi connectivity index (χ4n) is 4.12. The van der Waals surface area contributed by atoms with Crippen molar-refractivity contribution in [3.8, 4) is 11.5 Å². The van der Waals surface area contributed by atoms with Gasteiger partial charge in [-0.25, -0.2) is 0 Å². The van der Waals surface area contributed by atoms with Crippen molar-refractivity contribution in [3.63, 3.8) is 0 Å². The minimum atomic E-state index is -5.42. The maximum Gasteiger partial charge on any atom is 0.539 e. The third-order valence-electron chi connectivity index (χ3n) is 6.14. The average Bonchev–Trinajstić information content (AvgIpc) is 2.93. The molecule has 4 rings (SSSR count). The van der Waals surface area contributed by atoms with E-state index in [1.165, 1.54) is 31.2 Å². The molecule has 1 unspecified atom stereocenters. The first-order chi connectivity index (χ1) is 22.0. The molecule has 1 atom stereocenters. The molecule has 0 saturated heterocycles. The summed E-state index contributed by atoms with van der Waals surface area (Å²) in [6.45, 7) is 1.40. The molecule has 0 aromatic heterocycles. The predicted octanol–water partition coefficient (Wildman–Crippen LogP) is 3.09. The van der Waals surface area contributed by atoms with E-state index < -0.39 is 96.2 Å². The van der Waals surface area contributed by atoms with E-state index in [1.54, 1.807) is 0 Å². The fourth-order valence-corrected chi connectivity index (χ4v) is 7.06. The average molecular weight is 767 g/mol. The second-order valence-corrected chi connectivity index (χ2v) is 15.6. The van der Waals surface area contributed by atoms with Gasteiger partial charge in [0.2, 0.25) is 0 Å². The van der Waals surface area contributed by atoms with Gasteiger partial charge in [0.15, 0.2) is 11.5 Å². The highest BCUT2D eigenvalue weighted by Gasteiger charge is 2.29. The van der Waals surface area contributed by atoms with Crippen molar-refractivity contribution in [1.29, 1.82) is 0 Å². The van der Waals surface area contributed by atoms with Crippen LogP contribution in [0.4, 0.5) is 22.7 Å². The molecule has 0 aliphatic carbocycles. The lowest BCUT2D eigenvalue weighted by atomic mass is 10.1. The maximum atomic E-state index is 12.3. The Kier molecular flexibility index (Phi) is 9.82. The standard InChI is InChI=1S/C23H19N4O16PS4/c1-11-5-17(18(46(34,35)36)10-16(11)25-24-13-3-2-4-14(8-13)43-44(29)30)26-27-22-20(48(40,41)42)7-12-6-15(45(31,32)33)9-19(47(37,38)39)21(12)23(22)28/h2-10,24-25,28H,1H3,(H,31,32,33)(H,34,35,36)(H,37,38,39)(H,40,41,42). The predicted molar refractivity (Wildman–Crippen MR) is 162 cm³/mol. The van der Waals surface area contributed by atoms with Crippen LogP contribution in [-0.2, 0) is 45.0 Å². The summed E-state index contributed by atoms with van der Waals surface area (Å²) >= 11 is 0. The Hall–Kier alpha value is -4.36. The van der Waals surface area contributed by atoms with Crippen molar-refractivity contribution < 1.29 is 71.0 Å². The first-order valence-corrected chi connectivity index (χ1v) is 19.1. The Bertz CT molecular complexity index is 2490. The Morgan fingerprint density at radius 3 is 1.94 bits per heavy atom. The van der Waals surface area contributed by atoms with Gasteiger partial charge in [0.1, 0.15) is 26.1 Å². The lowest BCUT2D eigenvalue weighted by Gasteiger charge is -2.15. The van der Waals surface area contributed by atoms with E-state index in [1.807, 2.05) is 0 Å². The summed E-state index contributed by atoms with van der Waals surface area (Å²) in [5, 5.41) is 16.3. The Balaban J connectivity index is 1.88. The van der Waals surface area contributed by atoms with E-state index in [4.69, 9.17) is 0 Å². The van der Waals surface area contributed by atoms with Crippen LogP contribution in [0, 0.1) is 6.92 Å². The smallest absolute Gasteiger partial charge is 0.539 e. The number of azo groups is 1. The highest BCUT2D eigenvalue weighted by Crippen LogP contribution is 2.45. The number of benzene rings is 4. The van der Waals surface area contributed by atoms with Gasteiger partial charge in [0, 0.05) is 11.5 Å². The number of aromatic hydroxyl groups is 1. The van der Waals surface area contributed by atoms with Crippen LogP contribution in [0.3, 0.4) is 0 Å². The number of anilines is 2. The van der Waals surface area contributed by atoms with Crippen molar-refractivity contribution >= 4 is 82.2 Å². The van der Waals surface area contributed by atoms with Crippen LogP contribution < -0.4 is 20.3 Å². The second-order valence-electron chi connectivity index (χ2n) is 9.42. The number of fused-ring (bicyclic) bond motifs is 1. The highest BCUT2D eigenvalue weighted by atomic mass is 32.2. The minimum Gasteiger partial charge on any atom is -0.558 e. The molecule has 4 aromatic rings. The number of nitrogens with one attached hydrogen (secondary N) is 2. The number of aryl methyl sites for hydroxylation is 1. The van der Waals surface area contributed by atoms with Gasteiger partial charge in [-0.2, -0.15) is 33.7 Å². The van der Waals surface area contributed by atoms with Gasteiger partial charge in [0.25, 0.3) is 40.5 Å². The van der Waals surface area contributed by atoms with Crippen LogP contribution in [-0.4, -0.2) is 57.0 Å². The molecule has 256 valence electrons. The zero-order valence-corrected chi connectivity index (χ0v) is 27.6. The third kappa shape index (κ3) is 8.19. The number of hydrogen-bond acceptors (Lipinski definition) is 16. The van der Waals surface area contributed by atoms with Crippen LogP contribution >= 0.6 is 8.25 Å². The molecule has 20 nitrogen and oxygen atoms in total. The van der Waals surface area contributed by atoms with Crippen molar-refractivity contribution in [1.82, 2.24) is 0 Å². The Morgan fingerprint density at radius 2 is 1.38 bits per heavy atom. The van der Waals surface area contributed by atoms with E-state index in [-0.39, 0.29) is 28.8 Å². The largest absolute Gasteiger partial charge is 0.558 e. The number of phenolic OH excluding ortho intramolecular Hbond substituents is 1. The van der Waals surface area contributed by atoms with Gasteiger partial charge >= 0.3 is 8.25 Å². The molecule has 0 amide bonds. The highest BCUT2D eigenvalue weighted by molar-refractivity contribution is 7.87. The first-order valence-electron chi connectivity index (χ1n) is 12.2. The lowest BCUT2D eigenvalue weighted by molar-refractivity contribution is -0.178. The summed E-state index contributed by atoms with van der Waals surface area (Å²) in [6.07, 6.45) is 0. The van der Waals surface area contributed by atoms with Gasteiger partial charge in [0.05, 0.1) is 16.3 Å². The van der Waals surface area contributed by atoms with Gasteiger partial charge in [-0.05, 0) is 64.9 Å². The van der Waals surface area contributed by atoms with E-state index in [0.717, 1.165) is 12.1 Å². The Labute approximate surface area is 271 Å². The zero-order valence-electron chi connectivity index (χ0n) is 23.4. The molecule has 48 heavy (non-hydrogen) atoms. The second kappa shape index (κ2) is 12.9. The van der Waals surface area contributed by atoms with Crippen LogP contribution in [0.5, 0.6) is 11.5 Å². The molecule has 0 saturated carbocycles. The minimum absolute atomic E-state index is 0.0117. The molecule has 7 N–H and O–H groups in total. The number of hydrazine groups is 1. The van der Waals surface area contributed by atoms with E-state index in [2.05, 4.69) is 25.6 Å². The molecule has 0 bridgehead atoms. The van der Waals surface area contributed by atoms with Crippen molar-refractivity contribution in [2.45, 2.75) is 26.5 Å². The summed E-state index contributed by atoms with van der Waals surface area (Å²) < 4.78 is 151. The van der Waals surface area contributed by atoms with Gasteiger partial charge in [-0.1, -0.05) is 6.07 Å². The molecule has 0 radical (unpaired) electrons. The summed E-state index contributed by atoms with van der Waals surface area (Å²) in [7, 11) is -24.4. The number of nitrogens with zero attached hydrogens (tertiary/aromatic N) is 2. The van der Waals surface area contributed by atoms with E-state index in [0.29, 0.717) is 12.1 Å². The number of phenols is 1. The maximum absolute atomic E-state index is 12.3. The van der Waals surface area contributed by atoms with Crippen LogP contribution in [0.25, 0.3) is 10.8 Å². The topological polar surface area (TPSA) is 336 Å². The van der Waals surface area contributed by atoms with Crippen molar-refractivity contribution in [3.05, 3.63) is 60.2 Å². The summed E-state index contributed by atoms with van der Waals surface area (Å²) in [4.78, 5) is 6.05. The molecule has 0 heterocycles. The van der Waals surface area contributed by atoms with E-state index in [9.17, 15) is 66.4 Å². The number of rotatable bonds is 11. The first kappa shape index (κ1) is 36.5. The molecule has 25 heteroatoms. The lowest BCUT2D eigenvalue weighted by Crippen LogP contribution is -2.11. The third-order valence-corrected chi connectivity index (χ3v) is 9.96. The fraction of sp³-hybridized carbons (Fsp3) is 0.0435. The monoisotopic (exact) mass is 766 g/mol. The van der Waals surface area contributed by atoms with Crippen LogP contribution in [0.1, 0.15) is 5.56 Å². The zero-order chi connectivity index (χ0) is 36.0.